The van der Waals surface area contributed by atoms with E-state index in [2.05, 4.69) is 64.1 Å². The molecule has 1 fully saturated rings. The van der Waals surface area contributed by atoms with Crippen molar-refractivity contribution in [1.82, 2.24) is 15.0 Å². The molecule has 0 radical (unpaired) electrons. The lowest BCUT2D eigenvalue weighted by Crippen LogP contribution is -2.41. The average molecular weight is 485 g/mol. The lowest BCUT2D eigenvalue weighted by Gasteiger charge is -2.32. The minimum Gasteiger partial charge on any atom is -0.399 e. The minimum atomic E-state index is -0.412. The molecule has 1 aliphatic heterocycles. The summed E-state index contributed by atoms with van der Waals surface area (Å²) in [5.41, 5.74) is 3.05. The van der Waals surface area contributed by atoms with Crippen molar-refractivity contribution >= 4 is 23.4 Å². The summed E-state index contributed by atoms with van der Waals surface area (Å²) in [4.78, 5) is 14.5. The Morgan fingerprint density at radius 2 is 1.00 bits per heavy atom. The summed E-state index contributed by atoms with van der Waals surface area (Å²) in [6.45, 7) is 8.28. The van der Waals surface area contributed by atoms with Gasteiger partial charge in [0.15, 0.2) is 17.5 Å². The molecule has 0 unspecified atom stereocenters. The molecule has 37 heavy (non-hydrogen) atoms. The topological polar surface area (TPSA) is 57.1 Å². The third-order valence-electron chi connectivity index (χ3n) is 7.35. The Bertz CT molecular complexity index is 1510. The van der Waals surface area contributed by atoms with E-state index in [-0.39, 0.29) is 11.2 Å². The van der Waals surface area contributed by atoms with E-state index in [1.165, 1.54) is 0 Å². The van der Waals surface area contributed by atoms with Crippen LogP contribution in [0.3, 0.4) is 0 Å². The van der Waals surface area contributed by atoms with Gasteiger partial charge in [-0.05, 0) is 50.0 Å². The molecule has 4 aromatic carbocycles. The maximum Gasteiger partial charge on any atom is 0.494 e. The zero-order chi connectivity index (χ0) is 25.6. The fourth-order valence-electron chi connectivity index (χ4n) is 4.47. The van der Waals surface area contributed by atoms with Gasteiger partial charge in [0.1, 0.15) is 0 Å². The van der Waals surface area contributed by atoms with Gasteiger partial charge in [-0.15, -0.1) is 0 Å². The molecule has 0 amide bonds. The molecule has 6 rings (SSSR count). The third-order valence-corrected chi connectivity index (χ3v) is 7.35. The van der Waals surface area contributed by atoms with Gasteiger partial charge < -0.3 is 9.31 Å². The van der Waals surface area contributed by atoms with Gasteiger partial charge in [0, 0.05) is 16.7 Å². The van der Waals surface area contributed by atoms with Gasteiger partial charge in [0.05, 0.1) is 11.2 Å². The largest absolute Gasteiger partial charge is 0.494 e. The molecule has 182 valence electrons. The van der Waals surface area contributed by atoms with Crippen molar-refractivity contribution < 1.29 is 9.31 Å². The van der Waals surface area contributed by atoms with Crippen LogP contribution in [-0.2, 0) is 9.31 Å². The molecular weight excluding hydrogens is 457 g/mol. The lowest BCUT2D eigenvalue weighted by atomic mass is 9.78. The number of hydrogen-bond acceptors (Lipinski definition) is 5. The highest BCUT2D eigenvalue weighted by atomic mass is 16.7. The number of nitrogens with zero attached hydrogens (tertiary/aromatic N) is 3. The van der Waals surface area contributed by atoms with E-state index in [4.69, 9.17) is 24.3 Å². The van der Waals surface area contributed by atoms with E-state index in [0.29, 0.717) is 17.5 Å². The molecule has 0 atom stereocenters. The predicted octanol–water partition coefficient (Wildman–Crippen LogP) is 6.33. The van der Waals surface area contributed by atoms with E-state index in [1.54, 1.807) is 0 Å². The van der Waals surface area contributed by atoms with Gasteiger partial charge in [-0.2, -0.15) is 0 Å². The molecule has 0 N–H and O–H groups in total. The molecule has 5 nitrogen and oxygen atoms in total. The van der Waals surface area contributed by atoms with Crippen LogP contribution in [0.4, 0.5) is 0 Å². The van der Waals surface area contributed by atoms with Crippen molar-refractivity contribution in [2.45, 2.75) is 38.9 Å². The second-order valence-corrected chi connectivity index (χ2v) is 10.4. The van der Waals surface area contributed by atoms with E-state index in [9.17, 15) is 0 Å². The van der Waals surface area contributed by atoms with Crippen molar-refractivity contribution in [2.24, 2.45) is 0 Å². The van der Waals surface area contributed by atoms with Crippen molar-refractivity contribution in [3.05, 3.63) is 97.1 Å². The summed E-state index contributed by atoms with van der Waals surface area (Å²) < 4.78 is 12.6. The van der Waals surface area contributed by atoms with Gasteiger partial charge in [0.2, 0.25) is 0 Å². The molecule has 2 heterocycles. The number of hydrogen-bond donors (Lipinski definition) is 0. The summed E-state index contributed by atoms with van der Waals surface area (Å²) >= 11 is 0. The maximum atomic E-state index is 6.29. The van der Waals surface area contributed by atoms with Gasteiger partial charge >= 0.3 is 7.12 Å². The van der Waals surface area contributed by atoms with E-state index in [1.807, 2.05) is 60.7 Å². The molecule has 1 aromatic heterocycles. The first kappa shape index (κ1) is 23.5. The second-order valence-electron chi connectivity index (χ2n) is 10.4. The fourth-order valence-corrected chi connectivity index (χ4v) is 4.47. The summed E-state index contributed by atoms with van der Waals surface area (Å²) in [7, 11) is -0.412. The number of fused-ring (bicyclic) bond motifs is 1. The van der Waals surface area contributed by atoms with Crippen LogP contribution in [0, 0.1) is 0 Å². The molecule has 0 spiro atoms. The summed E-state index contributed by atoms with van der Waals surface area (Å²) in [6.07, 6.45) is 0. The van der Waals surface area contributed by atoms with E-state index < -0.39 is 7.12 Å². The highest BCUT2D eigenvalue weighted by molar-refractivity contribution is 6.62. The average Bonchev–Trinajstić information content (AvgIpc) is 3.15. The van der Waals surface area contributed by atoms with Crippen LogP contribution in [0.25, 0.3) is 44.9 Å². The molecule has 0 saturated carbocycles. The SMILES string of the molecule is CC1(C)OB(c2ccc3ccc(-c4nc(-c5ccccc5)nc(-c5ccccc5)n4)cc3c2)OC1(C)C. The number of rotatable bonds is 4. The Morgan fingerprint density at radius 1 is 0.514 bits per heavy atom. The zero-order valence-corrected chi connectivity index (χ0v) is 21.5. The molecule has 1 saturated heterocycles. The summed E-state index contributed by atoms with van der Waals surface area (Å²) in [6, 6.07) is 32.7. The second kappa shape index (κ2) is 8.91. The van der Waals surface area contributed by atoms with E-state index in [0.717, 1.165) is 32.9 Å². The number of benzene rings is 4. The van der Waals surface area contributed by atoms with Crippen molar-refractivity contribution in [2.75, 3.05) is 0 Å². The third kappa shape index (κ3) is 4.43. The summed E-state index contributed by atoms with van der Waals surface area (Å²) in [5.74, 6) is 1.93. The zero-order valence-electron chi connectivity index (χ0n) is 21.5. The van der Waals surface area contributed by atoms with Crippen molar-refractivity contribution in [3.8, 4) is 34.2 Å². The Labute approximate surface area is 217 Å². The molecule has 6 heteroatoms. The Kier molecular flexibility index (Phi) is 5.66. The number of aromatic nitrogens is 3. The van der Waals surface area contributed by atoms with Crippen LogP contribution in [0.15, 0.2) is 97.1 Å². The Balaban J connectivity index is 1.44. The quantitative estimate of drug-likeness (QED) is 0.279. The standard InChI is InChI=1S/C31H28BN3O2/c1-30(2)31(3,4)37-32(36-30)26-18-17-21-15-16-24(19-25(21)20-26)29-34-27(22-11-7-5-8-12-22)33-28(35-29)23-13-9-6-10-14-23/h5-20H,1-4H3. The highest BCUT2D eigenvalue weighted by Gasteiger charge is 2.51. The Morgan fingerprint density at radius 3 is 1.54 bits per heavy atom. The van der Waals surface area contributed by atoms with Gasteiger partial charge in [0.25, 0.3) is 0 Å². The molecule has 0 aliphatic carbocycles. The summed E-state index contributed by atoms with van der Waals surface area (Å²) in [5, 5.41) is 2.21. The molecule has 1 aliphatic rings. The van der Waals surface area contributed by atoms with Crippen LogP contribution >= 0.6 is 0 Å². The van der Waals surface area contributed by atoms with Crippen LogP contribution in [0.2, 0.25) is 0 Å². The smallest absolute Gasteiger partial charge is 0.399 e. The van der Waals surface area contributed by atoms with Crippen molar-refractivity contribution in [3.63, 3.8) is 0 Å². The fraction of sp³-hybridized carbons (Fsp3) is 0.194. The van der Waals surface area contributed by atoms with Gasteiger partial charge in [-0.1, -0.05) is 91.0 Å². The molecular formula is C31H28BN3O2. The van der Waals surface area contributed by atoms with Crippen LogP contribution in [0.5, 0.6) is 0 Å². The predicted molar refractivity (Wildman–Crippen MR) is 149 cm³/mol. The monoisotopic (exact) mass is 485 g/mol. The maximum absolute atomic E-state index is 6.29. The Hall–Kier alpha value is -3.87. The van der Waals surface area contributed by atoms with Crippen LogP contribution in [0.1, 0.15) is 27.7 Å². The van der Waals surface area contributed by atoms with Crippen LogP contribution < -0.4 is 5.46 Å². The molecule has 5 aromatic rings. The first-order chi connectivity index (χ1) is 17.8. The van der Waals surface area contributed by atoms with Crippen molar-refractivity contribution in [1.29, 1.82) is 0 Å². The normalized spacial score (nSPS) is 16.3. The van der Waals surface area contributed by atoms with E-state index >= 15 is 0 Å². The molecule has 0 bridgehead atoms. The lowest BCUT2D eigenvalue weighted by molar-refractivity contribution is 0.00578. The van der Waals surface area contributed by atoms with Gasteiger partial charge in [-0.25, -0.2) is 15.0 Å². The van der Waals surface area contributed by atoms with Gasteiger partial charge in [-0.3, -0.25) is 0 Å². The first-order valence-electron chi connectivity index (χ1n) is 12.6. The van der Waals surface area contributed by atoms with Crippen LogP contribution in [-0.4, -0.2) is 33.3 Å². The minimum absolute atomic E-state index is 0.388. The first-order valence-corrected chi connectivity index (χ1v) is 12.6. The highest BCUT2D eigenvalue weighted by Crippen LogP contribution is 2.37.